The molecule has 110 valence electrons. The third kappa shape index (κ3) is 3.37. The molecule has 20 heavy (non-hydrogen) atoms. The van der Waals surface area contributed by atoms with Crippen LogP contribution < -0.4 is 5.32 Å². The van der Waals surface area contributed by atoms with Crippen LogP contribution in [0.25, 0.3) is 11.2 Å². The molecule has 0 unspecified atom stereocenters. The maximum absolute atomic E-state index is 5.94. The van der Waals surface area contributed by atoms with Gasteiger partial charge in [0.15, 0.2) is 11.5 Å². The first-order valence-corrected chi connectivity index (χ1v) is 7.23. The molecular formula is C13H20ClN5O. The van der Waals surface area contributed by atoms with Crippen LogP contribution in [0.3, 0.4) is 0 Å². The van der Waals surface area contributed by atoms with Crippen LogP contribution in [0, 0.1) is 0 Å². The number of rotatable bonds is 7. The van der Waals surface area contributed by atoms with Gasteiger partial charge in [0, 0.05) is 25.8 Å². The largest absolute Gasteiger partial charge is 0.382 e. The summed E-state index contributed by atoms with van der Waals surface area (Å²) >= 11 is 5.94. The second-order valence-electron chi connectivity index (χ2n) is 4.74. The molecule has 0 fully saturated rings. The number of nitrogens with zero attached hydrogens (tertiary/aromatic N) is 4. The zero-order valence-electron chi connectivity index (χ0n) is 12.1. The van der Waals surface area contributed by atoms with Crippen molar-refractivity contribution in [3.05, 3.63) is 11.6 Å². The zero-order chi connectivity index (χ0) is 14.5. The Hall–Kier alpha value is -1.40. The van der Waals surface area contributed by atoms with Crippen LogP contribution in [0.5, 0.6) is 0 Å². The second kappa shape index (κ2) is 6.85. The van der Waals surface area contributed by atoms with Gasteiger partial charge in [-0.3, -0.25) is 0 Å². The number of ether oxygens (including phenoxy) is 1. The predicted octanol–water partition coefficient (Wildman–Crippen LogP) is 2.90. The minimum Gasteiger partial charge on any atom is -0.382 e. The third-order valence-corrected chi connectivity index (χ3v) is 3.09. The fourth-order valence-electron chi connectivity index (χ4n) is 1.96. The number of aromatic nitrogens is 4. The van der Waals surface area contributed by atoms with E-state index in [0.29, 0.717) is 5.65 Å². The van der Waals surface area contributed by atoms with Crippen molar-refractivity contribution in [2.75, 3.05) is 25.1 Å². The fourth-order valence-corrected chi connectivity index (χ4v) is 2.12. The Bertz CT molecular complexity index is 569. The Morgan fingerprint density at radius 2 is 2.20 bits per heavy atom. The highest BCUT2D eigenvalue weighted by molar-refractivity contribution is 6.28. The summed E-state index contributed by atoms with van der Waals surface area (Å²) in [6, 6.07) is 0.286. The molecule has 0 aliphatic carbocycles. The molecule has 2 aromatic heterocycles. The van der Waals surface area contributed by atoms with Gasteiger partial charge < -0.3 is 14.6 Å². The number of fused-ring (bicyclic) bond motifs is 1. The van der Waals surface area contributed by atoms with Gasteiger partial charge in [0.05, 0.1) is 6.33 Å². The summed E-state index contributed by atoms with van der Waals surface area (Å²) in [6.07, 6.45) is 2.68. The number of imidazole rings is 1. The molecule has 6 nitrogen and oxygen atoms in total. The Labute approximate surface area is 123 Å². The molecular weight excluding hydrogens is 278 g/mol. The molecule has 0 aromatic carbocycles. The molecule has 2 heterocycles. The van der Waals surface area contributed by atoms with Crippen LogP contribution in [0.2, 0.25) is 5.28 Å². The quantitative estimate of drug-likeness (QED) is 0.629. The SMILES string of the molecule is CCOCCCNc1nc(Cl)nc2ncn(C(C)C)c12. The molecule has 2 aromatic rings. The van der Waals surface area contributed by atoms with Crippen molar-refractivity contribution in [1.82, 2.24) is 19.5 Å². The smallest absolute Gasteiger partial charge is 0.226 e. The van der Waals surface area contributed by atoms with Crippen LogP contribution in [0.1, 0.15) is 33.2 Å². The summed E-state index contributed by atoms with van der Waals surface area (Å²) in [5, 5.41) is 3.50. The standard InChI is InChI=1S/C13H20ClN5O/c1-4-20-7-5-6-15-11-10-12(18-13(14)17-11)16-8-19(10)9(2)3/h8-9H,4-7H2,1-3H3,(H,15,17,18). The summed E-state index contributed by atoms with van der Waals surface area (Å²) in [5.41, 5.74) is 1.51. The van der Waals surface area contributed by atoms with Gasteiger partial charge in [-0.2, -0.15) is 9.97 Å². The number of anilines is 1. The first kappa shape index (κ1) is 15.0. The molecule has 7 heteroatoms. The maximum atomic E-state index is 5.94. The van der Waals surface area contributed by atoms with E-state index in [1.54, 1.807) is 6.33 Å². The van der Waals surface area contributed by atoms with E-state index in [-0.39, 0.29) is 11.3 Å². The summed E-state index contributed by atoms with van der Waals surface area (Å²) < 4.78 is 7.35. The third-order valence-electron chi connectivity index (χ3n) is 2.92. The summed E-state index contributed by atoms with van der Waals surface area (Å²) in [5.74, 6) is 0.725. The lowest BCUT2D eigenvalue weighted by molar-refractivity contribution is 0.147. The lowest BCUT2D eigenvalue weighted by Crippen LogP contribution is -2.10. The van der Waals surface area contributed by atoms with E-state index >= 15 is 0 Å². The molecule has 0 bridgehead atoms. The molecule has 0 saturated carbocycles. The molecule has 0 amide bonds. The molecule has 0 aliphatic rings. The summed E-state index contributed by atoms with van der Waals surface area (Å²) in [4.78, 5) is 12.7. The Balaban J connectivity index is 2.19. The molecule has 0 aliphatic heterocycles. The molecule has 1 N–H and O–H groups in total. The van der Waals surface area contributed by atoms with E-state index < -0.39 is 0 Å². The van der Waals surface area contributed by atoms with Crippen LogP contribution in [-0.4, -0.2) is 39.3 Å². The van der Waals surface area contributed by atoms with Gasteiger partial charge >= 0.3 is 0 Å². The molecule has 2 rings (SSSR count). The van der Waals surface area contributed by atoms with Crippen LogP contribution >= 0.6 is 11.6 Å². The van der Waals surface area contributed by atoms with Gasteiger partial charge in [-0.25, -0.2) is 4.98 Å². The van der Waals surface area contributed by atoms with E-state index in [9.17, 15) is 0 Å². The van der Waals surface area contributed by atoms with Gasteiger partial charge in [-0.05, 0) is 38.8 Å². The molecule has 0 atom stereocenters. The minimum atomic E-state index is 0.207. The highest BCUT2D eigenvalue weighted by Crippen LogP contribution is 2.24. The minimum absolute atomic E-state index is 0.207. The Morgan fingerprint density at radius 1 is 1.40 bits per heavy atom. The van der Waals surface area contributed by atoms with Gasteiger partial charge in [-0.1, -0.05) is 0 Å². The van der Waals surface area contributed by atoms with Gasteiger partial charge in [-0.15, -0.1) is 0 Å². The number of hydrogen-bond acceptors (Lipinski definition) is 5. The predicted molar refractivity (Wildman–Crippen MR) is 80.3 cm³/mol. The van der Waals surface area contributed by atoms with Crippen LogP contribution in [-0.2, 0) is 4.74 Å². The number of nitrogens with one attached hydrogen (secondary N) is 1. The zero-order valence-corrected chi connectivity index (χ0v) is 12.8. The fraction of sp³-hybridized carbons (Fsp3) is 0.615. The average molecular weight is 298 g/mol. The Morgan fingerprint density at radius 3 is 2.90 bits per heavy atom. The molecule has 0 spiro atoms. The van der Waals surface area contributed by atoms with Gasteiger partial charge in [0.1, 0.15) is 5.52 Å². The summed E-state index contributed by atoms with van der Waals surface area (Å²) in [6.45, 7) is 8.41. The maximum Gasteiger partial charge on any atom is 0.226 e. The lowest BCUT2D eigenvalue weighted by Gasteiger charge is -2.12. The number of halogens is 1. The van der Waals surface area contributed by atoms with Crippen molar-refractivity contribution in [1.29, 1.82) is 0 Å². The highest BCUT2D eigenvalue weighted by atomic mass is 35.5. The normalized spacial score (nSPS) is 11.4. The van der Waals surface area contributed by atoms with Crippen molar-refractivity contribution < 1.29 is 4.74 Å². The highest BCUT2D eigenvalue weighted by Gasteiger charge is 2.14. The monoisotopic (exact) mass is 297 g/mol. The number of hydrogen-bond donors (Lipinski definition) is 1. The van der Waals surface area contributed by atoms with Crippen molar-refractivity contribution in [2.24, 2.45) is 0 Å². The van der Waals surface area contributed by atoms with Crippen LogP contribution in [0.15, 0.2) is 6.33 Å². The van der Waals surface area contributed by atoms with E-state index in [4.69, 9.17) is 16.3 Å². The van der Waals surface area contributed by atoms with Crippen molar-refractivity contribution in [3.63, 3.8) is 0 Å². The lowest BCUT2D eigenvalue weighted by atomic mass is 10.3. The first-order valence-electron chi connectivity index (χ1n) is 6.85. The van der Waals surface area contributed by atoms with Crippen molar-refractivity contribution in [2.45, 2.75) is 33.2 Å². The van der Waals surface area contributed by atoms with Crippen molar-refractivity contribution >= 4 is 28.6 Å². The Kier molecular flexibility index (Phi) is 5.14. The topological polar surface area (TPSA) is 64.9 Å². The van der Waals surface area contributed by atoms with E-state index in [1.807, 2.05) is 11.5 Å². The van der Waals surface area contributed by atoms with E-state index in [1.165, 1.54) is 0 Å². The van der Waals surface area contributed by atoms with E-state index in [2.05, 4.69) is 34.1 Å². The molecule has 0 saturated heterocycles. The average Bonchev–Trinajstić information content (AvgIpc) is 2.82. The van der Waals surface area contributed by atoms with Gasteiger partial charge in [0.2, 0.25) is 5.28 Å². The van der Waals surface area contributed by atoms with Crippen LogP contribution in [0.4, 0.5) is 5.82 Å². The molecule has 0 radical (unpaired) electrons. The summed E-state index contributed by atoms with van der Waals surface area (Å²) in [7, 11) is 0. The second-order valence-corrected chi connectivity index (χ2v) is 5.07. The van der Waals surface area contributed by atoms with Crippen molar-refractivity contribution in [3.8, 4) is 0 Å². The van der Waals surface area contributed by atoms with E-state index in [0.717, 1.165) is 37.5 Å². The first-order chi connectivity index (χ1) is 9.63. The van der Waals surface area contributed by atoms with Gasteiger partial charge in [0.25, 0.3) is 0 Å².